The highest BCUT2D eigenvalue weighted by atomic mass is 16.6. The van der Waals surface area contributed by atoms with Crippen LogP contribution in [-0.2, 0) is 18.9 Å². The summed E-state index contributed by atoms with van der Waals surface area (Å²) in [6.45, 7) is 6.65. The Balaban J connectivity index is 1.82. The van der Waals surface area contributed by atoms with Crippen LogP contribution in [0.2, 0.25) is 0 Å². The summed E-state index contributed by atoms with van der Waals surface area (Å²) in [7, 11) is 1.65. The highest BCUT2D eigenvalue weighted by molar-refractivity contribution is 5.27. The molecule has 0 unspecified atom stereocenters. The van der Waals surface area contributed by atoms with Crippen LogP contribution in [0.1, 0.15) is 5.56 Å². The Bertz CT molecular complexity index is 356. The summed E-state index contributed by atoms with van der Waals surface area (Å²) in [5, 5.41) is 0. The van der Waals surface area contributed by atoms with Crippen molar-refractivity contribution in [2.45, 2.75) is 6.92 Å². The molecule has 1 aromatic rings. The van der Waals surface area contributed by atoms with Gasteiger partial charge in [0.25, 0.3) is 0 Å². The zero-order chi connectivity index (χ0) is 15.2. The number of methoxy groups -OCH3 is 1. The van der Waals surface area contributed by atoms with E-state index < -0.39 is 0 Å². The van der Waals surface area contributed by atoms with Crippen molar-refractivity contribution in [1.29, 1.82) is 0 Å². The topological polar surface area (TPSA) is 46.2 Å². The maximum absolute atomic E-state index is 5.57. The molecule has 5 nitrogen and oxygen atoms in total. The van der Waals surface area contributed by atoms with E-state index in [0.29, 0.717) is 52.9 Å². The Hall–Kier alpha value is -1.14. The highest BCUT2D eigenvalue weighted by Gasteiger charge is 1.95. The lowest BCUT2D eigenvalue weighted by Gasteiger charge is -2.08. The van der Waals surface area contributed by atoms with Crippen molar-refractivity contribution < 1.29 is 23.7 Å². The largest absolute Gasteiger partial charge is 0.491 e. The average molecular weight is 298 g/mol. The highest BCUT2D eigenvalue weighted by Crippen LogP contribution is 2.11. The summed E-state index contributed by atoms with van der Waals surface area (Å²) in [6.07, 6.45) is 0. The number of rotatable bonds is 13. The third-order valence-electron chi connectivity index (χ3n) is 2.66. The molecule has 0 atom stereocenters. The summed E-state index contributed by atoms with van der Waals surface area (Å²) in [5.74, 6) is 0.878. The minimum absolute atomic E-state index is 0.545. The van der Waals surface area contributed by atoms with Crippen molar-refractivity contribution in [3.05, 3.63) is 29.8 Å². The molecule has 1 rings (SSSR count). The molecule has 0 saturated carbocycles. The standard InChI is InChI=1S/C16H26O5/c1-15-4-3-5-16(14-15)21-13-12-20-11-10-19-9-8-18-7-6-17-2/h3-5,14H,6-13H2,1-2H3. The van der Waals surface area contributed by atoms with E-state index >= 15 is 0 Å². The summed E-state index contributed by atoms with van der Waals surface area (Å²) >= 11 is 0. The van der Waals surface area contributed by atoms with Gasteiger partial charge in [0.05, 0.1) is 46.2 Å². The van der Waals surface area contributed by atoms with Crippen LogP contribution < -0.4 is 4.74 Å². The van der Waals surface area contributed by atoms with Crippen LogP contribution in [0.25, 0.3) is 0 Å². The summed E-state index contributed by atoms with van der Waals surface area (Å²) in [5.41, 5.74) is 1.19. The number of ether oxygens (including phenoxy) is 5. The number of benzene rings is 1. The van der Waals surface area contributed by atoms with Gasteiger partial charge in [-0.25, -0.2) is 0 Å². The zero-order valence-electron chi connectivity index (χ0n) is 13.0. The fraction of sp³-hybridized carbons (Fsp3) is 0.625. The number of hydrogen-bond acceptors (Lipinski definition) is 5. The summed E-state index contributed by atoms with van der Waals surface area (Å²) in [6, 6.07) is 7.97. The second-order valence-corrected chi connectivity index (χ2v) is 4.49. The molecule has 0 aromatic heterocycles. The van der Waals surface area contributed by atoms with Gasteiger partial charge in [-0.1, -0.05) is 12.1 Å². The molecule has 0 radical (unpaired) electrons. The molecule has 1 aromatic carbocycles. The van der Waals surface area contributed by atoms with Gasteiger partial charge in [0, 0.05) is 7.11 Å². The van der Waals surface area contributed by atoms with Crippen molar-refractivity contribution in [1.82, 2.24) is 0 Å². The second kappa shape index (κ2) is 12.6. The van der Waals surface area contributed by atoms with Gasteiger partial charge in [0.2, 0.25) is 0 Å². The lowest BCUT2D eigenvalue weighted by Crippen LogP contribution is -2.13. The van der Waals surface area contributed by atoms with Crippen molar-refractivity contribution in [2.75, 3.05) is 60.0 Å². The quantitative estimate of drug-likeness (QED) is 0.522. The molecule has 0 aliphatic heterocycles. The van der Waals surface area contributed by atoms with Crippen molar-refractivity contribution in [3.8, 4) is 5.75 Å². The van der Waals surface area contributed by atoms with Crippen LogP contribution in [0.4, 0.5) is 0 Å². The van der Waals surface area contributed by atoms with Gasteiger partial charge < -0.3 is 23.7 Å². The lowest BCUT2D eigenvalue weighted by atomic mass is 10.2. The van der Waals surface area contributed by atoms with Crippen molar-refractivity contribution in [2.24, 2.45) is 0 Å². The van der Waals surface area contributed by atoms with Gasteiger partial charge in [0.15, 0.2) is 0 Å². The van der Waals surface area contributed by atoms with Crippen LogP contribution in [0.5, 0.6) is 5.75 Å². The second-order valence-electron chi connectivity index (χ2n) is 4.49. The molecule has 120 valence electrons. The van der Waals surface area contributed by atoms with E-state index in [2.05, 4.69) is 0 Å². The van der Waals surface area contributed by atoms with E-state index in [1.807, 2.05) is 31.2 Å². The fourth-order valence-electron chi connectivity index (χ4n) is 1.61. The molecule has 0 N–H and O–H groups in total. The van der Waals surface area contributed by atoms with Crippen LogP contribution in [0, 0.1) is 6.92 Å². The van der Waals surface area contributed by atoms with Gasteiger partial charge in [-0.05, 0) is 24.6 Å². The average Bonchev–Trinajstić information content (AvgIpc) is 2.48. The molecule has 0 aliphatic carbocycles. The molecular weight excluding hydrogens is 272 g/mol. The molecule has 0 amide bonds. The maximum Gasteiger partial charge on any atom is 0.119 e. The third-order valence-corrected chi connectivity index (χ3v) is 2.66. The van der Waals surface area contributed by atoms with Gasteiger partial charge in [-0.2, -0.15) is 0 Å². The summed E-state index contributed by atoms with van der Waals surface area (Å²) in [4.78, 5) is 0. The Kier molecular flexibility index (Phi) is 10.7. The molecule has 0 fully saturated rings. The molecular formula is C16H26O5. The van der Waals surface area contributed by atoms with E-state index in [1.165, 1.54) is 5.56 Å². The van der Waals surface area contributed by atoms with Gasteiger partial charge in [-0.3, -0.25) is 0 Å². The molecule has 0 spiro atoms. The van der Waals surface area contributed by atoms with E-state index in [0.717, 1.165) is 5.75 Å². The van der Waals surface area contributed by atoms with Crippen LogP contribution in [-0.4, -0.2) is 60.0 Å². The monoisotopic (exact) mass is 298 g/mol. The van der Waals surface area contributed by atoms with Crippen molar-refractivity contribution in [3.63, 3.8) is 0 Å². The first kappa shape index (κ1) is 17.9. The first-order valence-corrected chi connectivity index (χ1v) is 7.24. The van der Waals surface area contributed by atoms with Gasteiger partial charge >= 0.3 is 0 Å². The molecule has 0 bridgehead atoms. The first-order valence-electron chi connectivity index (χ1n) is 7.24. The normalized spacial score (nSPS) is 10.8. The lowest BCUT2D eigenvalue weighted by molar-refractivity contribution is 0.000162. The third kappa shape index (κ3) is 10.3. The Morgan fingerprint density at radius 1 is 0.762 bits per heavy atom. The number of hydrogen-bond donors (Lipinski definition) is 0. The zero-order valence-corrected chi connectivity index (χ0v) is 13.0. The van der Waals surface area contributed by atoms with E-state index in [4.69, 9.17) is 23.7 Å². The first-order chi connectivity index (χ1) is 10.3. The molecule has 0 aliphatic rings. The maximum atomic E-state index is 5.57. The minimum atomic E-state index is 0.545. The summed E-state index contributed by atoms with van der Waals surface area (Å²) < 4.78 is 26.5. The van der Waals surface area contributed by atoms with E-state index in [1.54, 1.807) is 7.11 Å². The minimum Gasteiger partial charge on any atom is -0.491 e. The molecule has 0 saturated heterocycles. The Morgan fingerprint density at radius 2 is 1.33 bits per heavy atom. The molecule has 21 heavy (non-hydrogen) atoms. The fourth-order valence-corrected chi connectivity index (χ4v) is 1.61. The predicted octanol–water partition coefficient (Wildman–Crippen LogP) is 2.07. The molecule has 0 heterocycles. The van der Waals surface area contributed by atoms with Crippen molar-refractivity contribution >= 4 is 0 Å². The van der Waals surface area contributed by atoms with Crippen LogP contribution >= 0.6 is 0 Å². The molecule has 5 heteroatoms. The van der Waals surface area contributed by atoms with Crippen LogP contribution in [0.3, 0.4) is 0 Å². The Morgan fingerprint density at radius 3 is 1.90 bits per heavy atom. The Labute approximate surface area is 127 Å². The predicted molar refractivity (Wildman–Crippen MR) is 81.0 cm³/mol. The smallest absolute Gasteiger partial charge is 0.119 e. The van der Waals surface area contributed by atoms with Crippen LogP contribution in [0.15, 0.2) is 24.3 Å². The SMILES string of the molecule is COCCOCCOCCOCCOc1cccc(C)c1. The number of aryl methyl sites for hydroxylation is 1. The van der Waals surface area contributed by atoms with E-state index in [-0.39, 0.29) is 0 Å². The van der Waals surface area contributed by atoms with Gasteiger partial charge in [-0.15, -0.1) is 0 Å². The van der Waals surface area contributed by atoms with E-state index in [9.17, 15) is 0 Å². The van der Waals surface area contributed by atoms with Gasteiger partial charge in [0.1, 0.15) is 12.4 Å².